The van der Waals surface area contributed by atoms with Gasteiger partial charge in [0, 0.05) is 25.7 Å². The number of nitrogens with zero attached hydrogens (tertiary/aromatic N) is 1. The molecule has 15 heavy (non-hydrogen) atoms. The number of halogens is 2. The lowest BCUT2D eigenvalue weighted by molar-refractivity contribution is 0.0799. The van der Waals surface area contributed by atoms with E-state index in [2.05, 4.69) is 0 Å². The summed E-state index contributed by atoms with van der Waals surface area (Å²) in [5, 5.41) is -0.0537. The number of hydrogen-bond donors (Lipinski definition) is 1. The Hall–Kier alpha value is -1.13. The third-order valence-corrected chi connectivity index (χ3v) is 2.27. The molecule has 82 valence electrons. The highest BCUT2D eigenvalue weighted by Crippen LogP contribution is 2.16. The second kappa shape index (κ2) is 5.09. The molecular weight excluding hydrogens is 219 g/mol. The largest absolute Gasteiger partial charge is 0.340 e. The number of rotatable bonds is 3. The van der Waals surface area contributed by atoms with Gasteiger partial charge in [-0.25, -0.2) is 4.39 Å². The quantitative estimate of drug-likeness (QED) is 0.856. The van der Waals surface area contributed by atoms with Crippen LogP contribution in [0.1, 0.15) is 10.4 Å². The Kier molecular flexibility index (Phi) is 4.05. The lowest BCUT2D eigenvalue weighted by Crippen LogP contribution is -2.31. The molecule has 5 heteroatoms. The van der Waals surface area contributed by atoms with Gasteiger partial charge in [-0.05, 0) is 18.2 Å². The van der Waals surface area contributed by atoms with Crippen molar-refractivity contribution in [3.8, 4) is 0 Å². The molecule has 0 saturated heterocycles. The van der Waals surface area contributed by atoms with Gasteiger partial charge in [-0.15, -0.1) is 0 Å². The van der Waals surface area contributed by atoms with Crippen LogP contribution < -0.4 is 5.73 Å². The van der Waals surface area contributed by atoms with Crippen LogP contribution in [-0.2, 0) is 0 Å². The Morgan fingerprint density at radius 1 is 1.60 bits per heavy atom. The van der Waals surface area contributed by atoms with E-state index in [0.717, 1.165) is 0 Å². The summed E-state index contributed by atoms with van der Waals surface area (Å²) in [6, 6.07) is 3.88. The lowest BCUT2D eigenvalue weighted by Gasteiger charge is -2.15. The zero-order chi connectivity index (χ0) is 11.4. The normalized spacial score (nSPS) is 10.1. The van der Waals surface area contributed by atoms with Crippen molar-refractivity contribution in [1.29, 1.82) is 0 Å². The van der Waals surface area contributed by atoms with Crippen molar-refractivity contribution in [2.45, 2.75) is 0 Å². The molecule has 0 bridgehead atoms. The lowest BCUT2D eigenvalue weighted by atomic mass is 10.2. The molecule has 0 aliphatic heterocycles. The fraction of sp³-hybridized carbons (Fsp3) is 0.300. The molecule has 1 rings (SSSR count). The second-order valence-electron chi connectivity index (χ2n) is 3.14. The summed E-state index contributed by atoms with van der Waals surface area (Å²) in [6.07, 6.45) is 0. The molecule has 0 spiro atoms. The van der Waals surface area contributed by atoms with Crippen molar-refractivity contribution in [3.63, 3.8) is 0 Å². The summed E-state index contributed by atoms with van der Waals surface area (Å²) in [6.45, 7) is 0.838. The van der Waals surface area contributed by atoms with Crippen molar-refractivity contribution < 1.29 is 9.18 Å². The highest BCUT2D eigenvalue weighted by molar-refractivity contribution is 6.31. The topological polar surface area (TPSA) is 46.3 Å². The summed E-state index contributed by atoms with van der Waals surface area (Å²) >= 11 is 5.57. The zero-order valence-corrected chi connectivity index (χ0v) is 9.09. The number of benzene rings is 1. The Bertz CT molecular complexity index is 370. The first-order valence-corrected chi connectivity index (χ1v) is 4.84. The smallest absolute Gasteiger partial charge is 0.253 e. The van der Waals surface area contributed by atoms with E-state index in [1.54, 1.807) is 7.05 Å². The molecule has 0 aromatic heterocycles. The number of hydrogen-bond acceptors (Lipinski definition) is 2. The third kappa shape index (κ3) is 2.91. The van der Waals surface area contributed by atoms with Crippen LogP contribution in [0.25, 0.3) is 0 Å². The average molecular weight is 231 g/mol. The third-order valence-electron chi connectivity index (χ3n) is 1.98. The second-order valence-corrected chi connectivity index (χ2v) is 3.55. The Labute approximate surface area is 92.6 Å². The molecule has 2 N–H and O–H groups in total. The summed E-state index contributed by atoms with van der Waals surface area (Å²) < 4.78 is 12.8. The van der Waals surface area contributed by atoms with Crippen LogP contribution in [0.4, 0.5) is 4.39 Å². The van der Waals surface area contributed by atoms with Crippen LogP contribution >= 0.6 is 11.6 Å². The van der Waals surface area contributed by atoms with E-state index in [0.29, 0.717) is 18.7 Å². The predicted molar refractivity (Wildman–Crippen MR) is 57.4 cm³/mol. The van der Waals surface area contributed by atoms with E-state index in [9.17, 15) is 9.18 Å². The average Bonchev–Trinajstić information content (AvgIpc) is 2.21. The van der Waals surface area contributed by atoms with Gasteiger partial charge >= 0.3 is 0 Å². The molecular formula is C10H12ClFN2O. The summed E-state index contributed by atoms with van der Waals surface area (Å²) in [5.41, 5.74) is 5.68. The van der Waals surface area contributed by atoms with Gasteiger partial charge in [-0.3, -0.25) is 4.79 Å². The maximum atomic E-state index is 12.8. The van der Waals surface area contributed by atoms with Crippen molar-refractivity contribution in [2.24, 2.45) is 5.73 Å². The van der Waals surface area contributed by atoms with E-state index in [1.807, 2.05) is 0 Å². The predicted octanol–water partition coefficient (Wildman–Crippen LogP) is 1.51. The summed E-state index contributed by atoms with van der Waals surface area (Å²) in [7, 11) is 1.63. The van der Waals surface area contributed by atoms with E-state index in [-0.39, 0.29) is 10.9 Å². The highest BCUT2D eigenvalue weighted by atomic mass is 35.5. The van der Waals surface area contributed by atoms with Gasteiger partial charge in [0.05, 0.1) is 5.02 Å². The molecule has 0 unspecified atom stereocenters. The molecule has 1 amide bonds. The Balaban J connectivity index is 2.87. The van der Waals surface area contributed by atoms with Gasteiger partial charge in [0.15, 0.2) is 0 Å². The number of likely N-dealkylation sites (N-methyl/N-ethyl adjacent to an activating group) is 1. The van der Waals surface area contributed by atoms with E-state index < -0.39 is 5.82 Å². The first kappa shape index (κ1) is 11.9. The molecule has 0 fully saturated rings. The summed E-state index contributed by atoms with van der Waals surface area (Å²) in [5.74, 6) is -0.753. The first-order chi connectivity index (χ1) is 7.06. The van der Waals surface area contributed by atoms with Gasteiger partial charge in [-0.2, -0.15) is 0 Å². The van der Waals surface area contributed by atoms with Gasteiger partial charge in [0.1, 0.15) is 5.82 Å². The van der Waals surface area contributed by atoms with Crippen LogP contribution in [-0.4, -0.2) is 30.9 Å². The first-order valence-electron chi connectivity index (χ1n) is 4.47. The molecule has 0 aliphatic carbocycles. The molecule has 0 radical (unpaired) electrons. The minimum Gasteiger partial charge on any atom is -0.340 e. The van der Waals surface area contributed by atoms with Crippen molar-refractivity contribution >= 4 is 17.5 Å². The number of carbonyl (C=O) groups excluding carboxylic acids is 1. The van der Waals surface area contributed by atoms with Crippen molar-refractivity contribution in [2.75, 3.05) is 20.1 Å². The van der Waals surface area contributed by atoms with Crippen molar-refractivity contribution in [3.05, 3.63) is 34.6 Å². The SMILES string of the molecule is CN(CCN)C(=O)c1ccc(F)c(Cl)c1. The maximum absolute atomic E-state index is 12.8. The van der Waals surface area contributed by atoms with Gasteiger partial charge < -0.3 is 10.6 Å². The van der Waals surface area contributed by atoms with Crippen LogP contribution in [0.2, 0.25) is 5.02 Å². The van der Waals surface area contributed by atoms with Crippen LogP contribution in [0.5, 0.6) is 0 Å². The number of nitrogens with two attached hydrogens (primary N) is 1. The monoisotopic (exact) mass is 230 g/mol. The number of amides is 1. The van der Waals surface area contributed by atoms with E-state index >= 15 is 0 Å². The van der Waals surface area contributed by atoms with Gasteiger partial charge in [0.2, 0.25) is 0 Å². The number of carbonyl (C=O) groups is 1. The standard InChI is InChI=1S/C10H12ClFN2O/c1-14(5-4-13)10(15)7-2-3-9(12)8(11)6-7/h2-3,6H,4-5,13H2,1H3. The maximum Gasteiger partial charge on any atom is 0.253 e. The Morgan fingerprint density at radius 2 is 2.27 bits per heavy atom. The van der Waals surface area contributed by atoms with Crippen LogP contribution in [0, 0.1) is 5.82 Å². The highest BCUT2D eigenvalue weighted by Gasteiger charge is 2.12. The van der Waals surface area contributed by atoms with Gasteiger partial charge in [-0.1, -0.05) is 11.6 Å². The van der Waals surface area contributed by atoms with Crippen molar-refractivity contribution in [1.82, 2.24) is 4.90 Å². The fourth-order valence-electron chi connectivity index (χ4n) is 1.14. The van der Waals surface area contributed by atoms with E-state index in [4.69, 9.17) is 17.3 Å². The fourth-order valence-corrected chi connectivity index (χ4v) is 1.33. The molecule has 0 atom stereocenters. The summed E-state index contributed by atoms with van der Waals surface area (Å²) in [4.78, 5) is 13.1. The molecule has 0 saturated carbocycles. The van der Waals surface area contributed by atoms with Gasteiger partial charge in [0.25, 0.3) is 5.91 Å². The van der Waals surface area contributed by atoms with Crippen LogP contribution in [0.3, 0.4) is 0 Å². The minimum atomic E-state index is -0.533. The molecule has 1 aromatic carbocycles. The molecule has 3 nitrogen and oxygen atoms in total. The van der Waals surface area contributed by atoms with Crippen LogP contribution in [0.15, 0.2) is 18.2 Å². The Morgan fingerprint density at radius 3 is 2.80 bits per heavy atom. The zero-order valence-electron chi connectivity index (χ0n) is 8.34. The van der Waals surface area contributed by atoms with E-state index in [1.165, 1.54) is 23.1 Å². The molecule has 0 heterocycles. The molecule has 1 aromatic rings. The minimum absolute atomic E-state index is 0.0537. The molecule has 0 aliphatic rings.